The van der Waals surface area contributed by atoms with E-state index in [1.165, 1.54) is 54.8 Å². The van der Waals surface area contributed by atoms with E-state index in [1.807, 2.05) is 12.1 Å². The normalized spacial score (nSPS) is 13.1. The Balaban J connectivity index is 0.864. The molecule has 0 N–H and O–H groups in total. The quantitative estimate of drug-likeness (QED) is 0.167. The second kappa shape index (κ2) is 17.4. The number of fused-ring (bicyclic) bond motifs is 18. The van der Waals surface area contributed by atoms with Crippen molar-refractivity contribution in [2.24, 2.45) is 0 Å². The number of para-hydroxylation sites is 6. The van der Waals surface area contributed by atoms with Crippen molar-refractivity contribution in [3.8, 4) is 56.4 Å². The fourth-order valence-electron chi connectivity index (χ4n) is 14.9. The summed E-state index contributed by atoms with van der Waals surface area (Å²) in [6.07, 6.45) is 0. The Morgan fingerprint density at radius 1 is 0.291 bits per heavy atom. The summed E-state index contributed by atoms with van der Waals surface area (Å²) in [7, 11) is 0. The van der Waals surface area contributed by atoms with Gasteiger partial charge in [0, 0.05) is 71.0 Å². The van der Waals surface area contributed by atoms with E-state index in [-0.39, 0.29) is 5.41 Å². The summed E-state index contributed by atoms with van der Waals surface area (Å²) < 4.78 is 15.8. The molecule has 0 unspecified atom stereocenters. The third kappa shape index (κ3) is 6.51. The van der Waals surface area contributed by atoms with Gasteiger partial charge < -0.3 is 13.6 Å². The van der Waals surface area contributed by atoms with E-state index >= 15 is 0 Å². The van der Waals surface area contributed by atoms with Gasteiger partial charge in [-0.15, -0.1) is 10.2 Å². The highest BCUT2D eigenvalue weighted by Crippen LogP contribution is 2.52. The van der Waals surface area contributed by atoms with Crippen LogP contribution < -0.4 is 0 Å². The molecule has 0 aliphatic heterocycles. The number of rotatable bonds is 6. The molecule has 86 heavy (non-hydrogen) atoms. The van der Waals surface area contributed by atoms with E-state index in [4.69, 9.17) is 14.6 Å². The highest BCUT2D eigenvalue weighted by Gasteiger charge is 2.37. The van der Waals surface area contributed by atoms with E-state index < -0.39 is 0 Å². The lowest BCUT2D eigenvalue weighted by Gasteiger charge is -2.22. The summed E-state index contributed by atoms with van der Waals surface area (Å²) in [5, 5.41) is 22.6. The molecule has 0 bridgehead atoms. The number of nitrogens with zero attached hydrogens (tertiary/aromatic N) is 6. The molecule has 402 valence electrons. The van der Waals surface area contributed by atoms with Crippen molar-refractivity contribution in [1.82, 2.24) is 28.5 Å². The van der Waals surface area contributed by atoms with Crippen molar-refractivity contribution < 1.29 is 4.42 Å². The standard InChI is InChI=1S/C79H50N6O/c1-79(2)64-26-12-6-20-52(64)59-44-62-56-24-9-14-28-67(56)83(73(62)45-65(59)79)74-46-77(80-81-78(74)85-69-30-16-10-23-55(69)61-40-47(34-38-71(61)85)49-35-39-76-63(42-49)58-25-11-17-31-75(58)86-76)84-68-29-15-7-21-53(68)57-36-32-50(43-72(57)84)48-33-37-70-60(41-48)54-22-8-13-27-66(54)82(70)51-18-4-3-5-19-51/h3-46H,1-2H3. The van der Waals surface area contributed by atoms with Gasteiger partial charge in [-0.3, -0.25) is 9.13 Å². The van der Waals surface area contributed by atoms with Crippen molar-refractivity contribution in [3.05, 3.63) is 278 Å². The van der Waals surface area contributed by atoms with Crippen LogP contribution in [0.1, 0.15) is 25.0 Å². The molecule has 6 aromatic heterocycles. The van der Waals surface area contributed by atoms with Crippen LogP contribution >= 0.6 is 0 Å². The largest absolute Gasteiger partial charge is 0.456 e. The molecule has 1 aliphatic rings. The van der Waals surface area contributed by atoms with E-state index in [1.54, 1.807) is 0 Å². The lowest BCUT2D eigenvalue weighted by atomic mass is 9.82. The average Bonchev–Trinajstić information content (AvgIpc) is 1.77. The van der Waals surface area contributed by atoms with Crippen molar-refractivity contribution in [3.63, 3.8) is 0 Å². The molecule has 1 aliphatic carbocycles. The Morgan fingerprint density at radius 3 is 1.48 bits per heavy atom. The summed E-state index contributed by atoms with van der Waals surface area (Å²) in [4.78, 5) is 0. The van der Waals surface area contributed by atoms with Gasteiger partial charge in [-0.2, -0.15) is 0 Å². The van der Waals surface area contributed by atoms with Gasteiger partial charge in [0.2, 0.25) is 0 Å². The Morgan fingerprint density at radius 2 is 0.767 bits per heavy atom. The smallest absolute Gasteiger partial charge is 0.184 e. The second-order valence-electron chi connectivity index (χ2n) is 23.7. The Labute approximate surface area is 493 Å². The molecule has 12 aromatic carbocycles. The number of hydrogen-bond donors (Lipinski definition) is 0. The SMILES string of the molecule is CC1(C)c2ccccc2-c2cc3c4ccccc4n(-c4cc(-n5c6ccccc6c6ccc(-c7ccc8c(c7)c7ccccc7n8-c7ccccc7)cc65)nnc4-n4c5ccccc5c5cc(-c6ccc7oc8ccccc8c7c6)ccc54)c3cc21. The summed E-state index contributed by atoms with van der Waals surface area (Å²) >= 11 is 0. The van der Waals surface area contributed by atoms with Crippen LogP contribution in [0.2, 0.25) is 0 Å². The van der Waals surface area contributed by atoms with Crippen molar-refractivity contribution >= 4 is 109 Å². The lowest BCUT2D eigenvalue weighted by molar-refractivity contribution is 0.661. The first-order chi connectivity index (χ1) is 42.4. The first-order valence-electron chi connectivity index (χ1n) is 29.5. The van der Waals surface area contributed by atoms with Crippen LogP contribution in [-0.2, 0) is 5.41 Å². The van der Waals surface area contributed by atoms with Crippen molar-refractivity contribution in [2.75, 3.05) is 0 Å². The summed E-state index contributed by atoms with van der Waals surface area (Å²) in [5.74, 6) is 1.45. The van der Waals surface area contributed by atoms with Crippen LogP contribution in [0.4, 0.5) is 0 Å². The fraction of sp³-hybridized carbons (Fsp3) is 0.0380. The molecule has 19 rings (SSSR count). The molecule has 7 nitrogen and oxygen atoms in total. The Kier molecular flexibility index (Phi) is 9.55. The van der Waals surface area contributed by atoms with Gasteiger partial charge in [-0.05, 0) is 142 Å². The molecular formula is C79H50N6O. The minimum Gasteiger partial charge on any atom is -0.456 e. The molecule has 0 spiro atoms. The van der Waals surface area contributed by atoms with Crippen molar-refractivity contribution in [1.29, 1.82) is 0 Å². The van der Waals surface area contributed by atoms with E-state index in [0.29, 0.717) is 0 Å². The molecule has 7 heteroatoms. The Hall–Kier alpha value is -11.3. The monoisotopic (exact) mass is 1100 g/mol. The van der Waals surface area contributed by atoms with Gasteiger partial charge in [0.1, 0.15) is 11.2 Å². The van der Waals surface area contributed by atoms with Crippen LogP contribution in [0.25, 0.3) is 166 Å². The van der Waals surface area contributed by atoms with Crippen LogP contribution in [0.3, 0.4) is 0 Å². The zero-order chi connectivity index (χ0) is 56.5. The summed E-state index contributed by atoms with van der Waals surface area (Å²) in [5.41, 5.74) is 22.1. The maximum absolute atomic E-state index is 6.28. The molecule has 18 aromatic rings. The highest BCUT2D eigenvalue weighted by molar-refractivity contribution is 6.16. The third-order valence-electron chi connectivity index (χ3n) is 18.9. The molecule has 0 fully saturated rings. The average molecular weight is 1100 g/mol. The maximum atomic E-state index is 6.28. The van der Waals surface area contributed by atoms with Gasteiger partial charge in [-0.25, -0.2) is 0 Å². The molecule has 0 atom stereocenters. The predicted molar refractivity (Wildman–Crippen MR) is 355 cm³/mol. The number of hydrogen-bond acceptors (Lipinski definition) is 3. The first kappa shape index (κ1) is 47.2. The zero-order valence-electron chi connectivity index (χ0n) is 47.0. The van der Waals surface area contributed by atoms with Gasteiger partial charge >= 0.3 is 0 Å². The molecule has 0 saturated carbocycles. The topological polar surface area (TPSA) is 58.6 Å². The molecule has 0 saturated heterocycles. The van der Waals surface area contributed by atoms with Crippen LogP contribution in [-0.4, -0.2) is 28.5 Å². The fourth-order valence-corrected chi connectivity index (χ4v) is 14.9. The second-order valence-corrected chi connectivity index (χ2v) is 23.7. The van der Waals surface area contributed by atoms with Crippen LogP contribution in [0.15, 0.2) is 271 Å². The van der Waals surface area contributed by atoms with E-state index in [2.05, 4.69) is 287 Å². The predicted octanol–water partition coefficient (Wildman–Crippen LogP) is 20.4. The van der Waals surface area contributed by atoms with E-state index in [9.17, 15) is 0 Å². The zero-order valence-corrected chi connectivity index (χ0v) is 47.0. The number of benzene rings is 12. The summed E-state index contributed by atoms with van der Waals surface area (Å²) in [6, 6.07) is 97.4. The van der Waals surface area contributed by atoms with Gasteiger partial charge in [0.15, 0.2) is 11.6 Å². The first-order valence-corrected chi connectivity index (χ1v) is 29.5. The van der Waals surface area contributed by atoms with E-state index in [0.717, 1.165) is 122 Å². The number of aromatic nitrogens is 6. The van der Waals surface area contributed by atoms with Gasteiger partial charge in [0.25, 0.3) is 0 Å². The summed E-state index contributed by atoms with van der Waals surface area (Å²) in [6.45, 7) is 4.74. The Bertz CT molecular complexity index is 5940. The molecule has 6 heterocycles. The minimum atomic E-state index is -0.226. The molecular weight excluding hydrogens is 1050 g/mol. The van der Waals surface area contributed by atoms with Crippen LogP contribution in [0, 0.1) is 0 Å². The molecule has 0 radical (unpaired) electrons. The van der Waals surface area contributed by atoms with Gasteiger partial charge in [-0.1, -0.05) is 178 Å². The number of furan rings is 1. The van der Waals surface area contributed by atoms with Crippen LogP contribution in [0.5, 0.6) is 0 Å². The molecule has 0 amide bonds. The van der Waals surface area contributed by atoms with Crippen molar-refractivity contribution in [2.45, 2.75) is 19.3 Å². The minimum absolute atomic E-state index is 0.226. The lowest BCUT2D eigenvalue weighted by Crippen LogP contribution is -2.15. The third-order valence-corrected chi connectivity index (χ3v) is 18.9. The highest BCUT2D eigenvalue weighted by atomic mass is 16.3. The van der Waals surface area contributed by atoms with Gasteiger partial charge in [0.05, 0.1) is 49.8 Å². The maximum Gasteiger partial charge on any atom is 0.184 e.